The van der Waals surface area contributed by atoms with Crippen LogP contribution in [-0.4, -0.2) is 30.9 Å². The molecule has 1 amide bonds. The molecule has 0 unspecified atom stereocenters. The first-order valence-electron chi connectivity index (χ1n) is 6.75. The first-order chi connectivity index (χ1) is 11.5. The topological polar surface area (TPSA) is 80.2 Å². The van der Waals surface area contributed by atoms with Gasteiger partial charge in [0, 0.05) is 0 Å². The molecule has 2 aromatic carbocycles. The Hall–Kier alpha value is -3.16. The van der Waals surface area contributed by atoms with E-state index in [4.69, 9.17) is 4.74 Å². The molecular weight excluding hydrogens is 322 g/mol. The summed E-state index contributed by atoms with van der Waals surface area (Å²) < 4.78 is 33.8. The number of hydrogen-bond acceptors (Lipinski definition) is 5. The molecule has 0 spiro atoms. The highest BCUT2D eigenvalue weighted by molar-refractivity contribution is 5.97. The number of hydrazone groups is 1. The fourth-order valence-corrected chi connectivity index (χ4v) is 1.85. The van der Waals surface area contributed by atoms with Crippen molar-refractivity contribution in [2.45, 2.75) is 6.61 Å². The van der Waals surface area contributed by atoms with Crippen molar-refractivity contribution in [1.29, 1.82) is 0 Å². The molecule has 2 rings (SSSR count). The summed E-state index contributed by atoms with van der Waals surface area (Å²) in [5, 5.41) is 13.3. The number of ether oxygens (including phenoxy) is 2. The molecule has 0 heterocycles. The van der Waals surface area contributed by atoms with Crippen molar-refractivity contribution in [1.82, 2.24) is 5.43 Å². The van der Waals surface area contributed by atoms with Crippen LogP contribution in [0.1, 0.15) is 15.9 Å². The molecule has 2 N–H and O–H groups in total. The number of carbonyl (C=O) groups excluding carboxylic acids is 1. The molecule has 126 valence electrons. The molecule has 0 saturated carbocycles. The Bertz CT molecular complexity index is 751. The number of alkyl halides is 2. The number of nitrogens with zero attached hydrogens (tertiary/aromatic N) is 1. The van der Waals surface area contributed by atoms with E-state index in [1.165, 1.54) is 43.7 Å². The number of para-hydroxylation sites is 1. The van der Waals surface area contributed by atoms with E-state index in [0.29, 0.717) is 5.56 Å². The summed E-state index contributed by atoms with van der Waals surface area (Å²) in [5.74, 6) is -0.761. The van der Waals surface area contributed by atoms with Gasteiger partial charge in [0.15, 0.2) is 11.5 Å². The fraction of sp³-hybridized carbons (Fsp3) is 0.125. The molecule has 8 heteroatoms. The largest absolute Gasteiger partial charge is 0.507 e. The Morgan fingerprint density at radius 1 is 1.25 bits per heavy atom. The lowest BCUT2D eigenvalue weighted by Crippen LogP contribution is -2.17. The zero-order chi connectivity index (χ0) is 17.5. The average molecular weight is 336 g/mol. The Balaban J connectivity index is 2.06. The summed E-state index contributed by atoms with van der Waals surface area (Å²) in [6.07, 6.45) is 1.30. The molecule has 0 aliphatic rings. The standard InChI is InChI=1S/C16H14F2N2O4/c1-23-14-8-10(6-7-13(14)24-16(17)18)9-19-20-15(22)11-4-2-3-5-12(11)21/h2-9,16,21H,1H3,(H,20,22)/b19-9+. The van der Waals surface area contributed by atoms with Crippen molar-refractivity contribution in [2.75, 3.05) is 7.11 Å². The van der Waals surface area contributed by atoms with Crippen LogP contribution in [0.4, 0.5) is 8.78 Å². The number of phenols is 1. The van der Waals surface area contributed by atoms with Crippen LogP contribution in [0, 0.1) is 0 Å². The monoisotopic (exact) mass is 336 g/mol. The van der Waals surface area contributed by atoms with Gasteiger partial charge in [-0.25, -0.2) is 5.43 Å². The maximum Gasteiger partial charge on any atom is 0.387 e. The van der Waals surface area contributed by atoms with Gasteiger partial charge in [0.1, 0.15) is 5.75 Å². The maximum atomic E-state index is 12.3. The van der Waals surface area contributed by atoms with Gasteiger partial charge >= 0.3 is 6.61 Å². The van der Waals surface area contributed by atoms with Gasteiger partial charge in [-0.15, -0.1) is 0 Å². The summed E-state index contributed by atoms with van der Waals surface area (Å²) in [6, 6.07) is 10.2. The van der Waals surface area contributed by atoms with Gasteiger partial charge in [-0.1, -0.05) is 12.1 Å². The third-order valence-electron chi connectivity index (χ3n) is 2.93. The third-order valence-corrected chi connectivity index (χ3v) is 2.93. The Morgan fingerprint density at radius 2 is 2.00 bits per heavy atom. The molecule has 6 nitrogen and oxygen atoms in total. The lowest BCUT2D eigenvalue weighted by atomic mass is 10.2. The van der Waals surface area contributed by atoms with Crippen molar-refractivity contribution in [3.8, 4) is 17.2 Å². The lowest BCUT2D eigenvalue weighted by Gasteiger charge is -2.10. The van der Waals surface area contributed by atoms with E-state index in [1.54, 1.807) is 12.1 Å². The average Bonchev–Trinajstić information content (AvgIpc) is 2.56. The number of nitrogens with one attached hydrogen (secondary N) is 1. The molecule has 0 radical (unpaired) electrons. The zero-order valence-electron chi connectivity index (χ0n) is 12.6. The number of rotatable bonds is 6. The van der Waals surface area contributed by atoms with E-state index in [-0.39, 0.29) is 22.8 Å². The van der Waals surface area contributed by atoms with Crippen molar-refractivity contribution < 1.29 is 28.2 Å². The lowest BCUT2D eigenvalue weighted by molar-refractivity contribution is -0.0512. The minimum absolute atomic E-state index is 0.0768. The van der Waals surface area contributed by atoms with E-state index in [9.17, 15) is 18.7 Å². The summed E-state index contributed by atoms with van der Waals surface area (Å²) in [4.78, 5) is 11.8. The quantitative estimate of drug-likeness (QED) is 0.628. The first kappa shape index (κ1) is 17.2. The second-order valence-electron chi connectivity index (χ2n) is 4.51. The third kappa shape index (κ3) is 4.42. The molecule has 0 saturated heterocycles. The molecule has 0 aromatic heterocycles. The number of amides is 1. The number of benzene rings is 2. The van der Waals surface area contributed by atoms with E-state index in [0.717, 1.165) is 0 Å². The molecule has 0 bridgehead atoms. The highest BCUT2D eigenvalue weighted by Gasteiger charge is 2.11. The second-order valence-corrected chi connectivity index (χ2v) is 4.51. The number of aromatic hydroxyl groups is 1. The second kappa shape index (κ2) is 7.91. The summed E-state index contributed by atoms with van der Waals surface area (Å²) >= 11 is 0. The SMILES string of the molecule is COc1cc(/C=N/NC(=O)c2ccccc2O)ccc1OC(F)F. The smallest absolute Gasteiger partial charge is 0.387 e. The molecule has 24 heavy (non-hydrogen) atoms. The zero-order valence-corrected chi connectivity index (χ0v) is 12.6. The van der Waals surface area contributed by atoms with Gasteiger partial charge in [0.2, 0.25) is 0 Å². The van der Waals surface area contributed by atoms with Gasteiger partial charge in [0.25, 0.3) is 5.91 Å². The number of phenolic OH excluding ortho intramolecular Hbond substituents is 1. The Kier molecular flexibility index (Phi) is 5.67. The van der Waals surface area contributed by atoms with Crippen LogP contribution >= 0.6 is 0 Å². The number of methoxy groups -OCH3 is 1. The van der Waals surface area contributed by atoms with Crippen LogP contribution in [0.15, 0.2) is 47.6 Å². The maximum absolute atomic E-state index is 12.3. The molecule has 0 fully saturated rings. The number of carbonyl (C=O) groups is 1. The predicted octanol–water partition coefficient (Wildman–Crippen LogP) is 2.77. The summed E-state index contributed by atoms with van der Waals surface area (Å²) in [6.45, 7) is -2.96. The fourth-order valence-electron chi connectivity index (χ4n) is 1.85. The molecule has 0 aliphatic heterocycles. The minimum atomic E-state index is -2.96. The van der Waals surface area contributed by atoms with Crippen LogP contribution in [0.25, 0.3) is 0 Å². The molecule has 0 aliphatic carbocycles. The van der Waals surface area contributed by atoms with Crippen LogP contribution in [0.2, 0.25) is 0 Å². The van der Waals surface area contributed by atoms with Crippen LogP contribution in [0.3, 0.4) is 0 Å². The van der Waals surface area contributed by atoms with Crippen molar-refractivity contribution in [3.05, 3.63) is 53.6 Å². The van der Waals surface area contributed by atoms with Crippen LogP contribution < -0.4 is 14.9 Å². The summed E-state index contributed by atoms with van der Waals surface area (Å²) in [5.41, 5.74) is 2.82. The number of hydrogen-bond donors (Lipinski definition) is 2. The van der Waals surface area contributed by atoms with Gasteiger partial charge in [-0.2, -0.15) is 13.9 Å². The normalized spacial score (nSPS) is 10.8. The van der Waals surface area contributed by atoms with E-state index in [2.05, 4.69) is 15.3 Å². The minimum Gasteiger partial charge on any atom is -0.507 e. The van der Waals surface area contributed by atoms with E-state index in [1.807, 2.05) is 0 Å². The van der Waals surface area contributed by atoms with Crippen molar-refractivity contribution >= 4 is 12.1 Å². The molecule has 0 atom stereocenters. The van der Waals surface area contributed by atoms with Crippen LogP contribution in [-0.2, 0) is 0 Å². The van der Waals surface area contributed by atoms with Gasteiger partial charge in [-0.3, -0.25) is 4.79 Å². The number of halogens is 2. The van der Waals surface area contributed by atoms with E-state index >= 15 is 0 Å². The molecule has 2 aromatic rings. The van der Waals surface area contributed by atoms with Crippen molar-refractivity contribution in [3.63, 3.8) is 0 Å². The summed E-state index contributed by atoms with van der Waals surface area (Å²) in [7, 11) is 1.31. The van der Waals surface area contributed by atoms with E-state index < -0.39 is 12.5 Å². The van der Waals surface area contributed by atoms with Gasteiger partial charge in [0.05, 0.1) is 18.9 Å². The molecular formula is C16H14F2N2O4. The Morgan fingerprint density at radius 3 is 2.67 bits per heavy atom. The van der Waals surface area contributed by atoms with Gasteiger partial charge < -0.3 is 14.6 Å². The first-order valence-corrected chi connectivity index (χ1v) is 6.75. The van der Waals surface area contributed by atoms with Crippen molar-refractivity contribution in [2.24, 2.45) is 5.10 Å². The van der Waals surface area contributed by atoms with Crippen LogP contribution in [0.5, 0.6) is 17.2 Å². The Labute approximate surface area is 136 Å². The highest BCUT2D eigenvalue weighted by Crippen LogP contribution is 2.28. The highest BCUT2D eigenvalue weighted by atomic mass is 19.3. The predicted molar refractivity (Wildman–Crippen MR) is 82.8 cm³/mol. The van der Waals surface area contributed by atoms with Gasteiger partial charge in [-0.05, 0) is 35.9 Å².